The average Bonchev–Trinajstić information content (AvgIpc) is 4.26. The summed E-state index contributed by atoms with van der Waals surface area (Å²) in [6.45, 7) is 0.738. The summed E-state index contributed by atoms with van der Waals surface area (Å²) in [5.41, 5.74) is 1.87. The summed E-state index contributed by atoms with van der Waals surface area (Å²) in [5, 5.41) is 40.3. The van der Waals surface area contributed by atoms with Crippen molar-refractivity contribution in [3.8, 4) is 39.0 Å². The van der Waals surface area contributed by atoms with Gasteiger partial charge < -0.3 is 10.2 Å². The maximum atomic E-state index is 11.3. The molecule has 0 aliphatic heterocycles. The van der Waals surface area contributed by atoms with Gasteiger partial charge in [0.05, 0.1) is 49.1 Å². The third-order valence-electron chi connectivity index (χ3n) is 10.8. The van der Waals surface area contributed by atoms with Crippen LogP contribution in [-0.4, -0.2) is 59.4 Å². The first kappa shape index (κ1) is 49.6. The topological polar surface area (TPSA) is 71.7 Å². The molecule has 0 spiro atoms. The number of thiophene rings is 6. The van der Waals surface area contributed by atoms with Gasteiger partial charge in [-0.15, -0.1) is 91.5 Å². The van der Waals surface area contributed by atoms with Crippen molar-refractivity contribution in [1.29, 1.82) is 0 Å². The van der Waals surface area contributed by atoms with Crippen LogP contribution in [0, 0.1) is 0 Å². The van der Waals surface area contributed by atoms with E-state index in [1.54, 1.807) is 80.6 Å². The minimum absolute atomic E-state index is 0.369. The lowest BCUT2D eigenvalue weighted by Crippen LogP contribution is -2.30. The Morgan fingerprint density at radius 1 is 0.394 bits per heavy atom. The van der Waals surface area contributed by atoms with Crippen molar-refractivity contribution in [2.24, 2.45) is 10.2 Å². The first-order valence-corrected chi connectivity index (χ1v) is 30.5. The fourth-order valence-corrected chi connectivity index (χ4v) is 15.3. The highest BCUT2D eigenvalue weighted by Gasteiger charge is 2.16. The first-order valence-electron chi connectivity index (χ1n) is 22.6. The van der Waals surface area contributed by atoms with E-state index in [0.29, 0.717) is 24.6 Å². The van der Waals surface area contributed by atoms with Crippen molar-refractivity contribution in [3.05, 3.63) is 203 Å². The van der Waals surface area contributed by atoms with E-state index in [1.165, 1.54) is 39.0 Å². The predicted molar refractivity (Wildman–Crippen MR) is 315 cm³/mol. The van der Waals surface area contributed by atoms with Gasteiger partial charge in [-0.3, -0.25) is 10.0 Å². The van der Waals surface area contributed by atoms with Crippen LogP contribution in [0.15, 0.2) is 223 Å². The average molecular weight is 1100 g/mol. The molecule has 0 radical (unpaired) electrons. The molecule has 2 N–H and O–H groups in total. The van der Waals surface area contributed by atoms with Crippen molar-refractivity contribution >= 4 is 127 Å². The van der Waals surface area contributed by atoms with Crippen LogP contribution in [0.3, 0.4) is 0 Å². The zero-order chi connectivity index (χ0) is 48.2. The van der Waals surface area contributed by atoms with Crippen LogP contribution in [0.2, 0.25) is 0 Å². The van der Waals surface area contributed by atoms with Crippen LogP contribution in [-0.2, 0) is 0 Å². The minimum Gasteiger partial charge on any atom is -0.390 e. The molecule has 15 heteroatoms. The summed E-state index contributed by atoms with van der Waals surface area (Å²) < 4.78 is 0. The summed E-state index contributed by atoms with van der Waals surface area (Å²) in [4.78, 5) is 16.7. The Bertz CT molecular complexity index is 3020. The normalized spacial score (nSPS) is 12.5. The molecule has 0 saturated carbocycles. The molecule has 10 rings (SSSR count). The number of hydrogen-bond acceptors (Lipinski definition) is 15. The molecule has 2 unspecified atom stereocenters. The smallest absolute Gasteiger partial charge is 0.0830 e. The fraction of sp³-hybridized carbons (Fsp3) is 0.107. The summed E-state index contributed by atoms with van der Waals surface area (Å²) >= 11 is 15.6. The van der Waals surface area contributed by atoms with Crippen LogP contribution in [0.4, 0.5) is 11.4 Å². The molecule has 0 fully saturated rings. The van der Waals surface area contributed by atoms with E-state index < -0.39 is 12.2 Å². The number of nitrogens with zero attached hydrogens (tertiary/aromatic N) is 4. The van der Waals surface area contributed by atoms with Gasteiger partial charge in [-0.2, -0.15) is 10.2 Å². The predicted octanol–water partition coefficient (Wildman–Crippen LogP) is 16.9. The van der Waals surface area contributed by atoms with E-state index in [-0.39, 0.29) is 0 Å². The van der Waals surface area contributed by atoms with E-state index in [4.69, 9.17) is 10.2 Å². The van der Waals surface area contributed by atoms with Gasteiger partial charge in [0, 0.05) is 79.9 Å². The third-order valence-corrected chi connectivity index (χ3v) is 20.8. The SMILES string of the molecule is OC(CSc1ccc(Sc2ccc(SCC(O)CN(/N=C/c3ccc(-c4ccc(-c5cccs5)s4)s3)c3ccccc3)cc2)cc1)CN(/N=C/c1ccc(-c2ccc(-c3cccs3)s2)s1)c1ccccc1. The molecule has 0 amide bonds. The quantitative estimate of drug-likeness (QED) is 0.0398. The van der Waals surface area contributed by atoms with Gasteiger partial charge in [0.25, 0.3) is 0 Å². The Labute approximate surface area is 451 Å². The number of para-hydroxylation sites is 2. The Morgan fingerprint density at radius 2 is 0.761 bits per heavy atom. The molecule has 6 nitrogen and oxygen atoms in total. The van der Waals surface area contributed by atoms with Gasteiger partial charge in [-0.25, -0.2) is 0 Å². The van der Waals surface area contributed by atoms with Gasteiger partial charge in [-0.05, 0) is 144 Å². The molecule has 356 valence electrons. The lowest BCUT2D eigenvalue weighted by molar-refractivity contribution is 0.204. The Morgan fingerprint density at radius 3 is 1.15 bits per heavy atom. The van der Waals surface area contributed by atoms with E-state index in [2.05, 4.69) is 132 Å². The number of rotatable bonds is 22. The monoisotopic (exact) mass is 1090 g/mol. The van der Waals surface area contributed by atoms with Gasteiger partial charge >= 0.3 is 0 Å². The molecule has 0 saturated heterocycles. The molecule has 0 aliphatic carbocycles. The highest BCUT2D eigenvalue weighted by molar-refractivity contribution is 8.00. The van der Waals surface area contributed by atoms with Crippen molar-refractivity contribution in [2.45, 2.75) is 31.8 Å². The van der Waals surface area contributed by atoms with Crippen molar-refractivity contribution in [3.63, 3.8) is 0 Å². The Balaban J connectivity index is 0.685. The molecule has 6 aromatic heterocycles. The van der Waals surface area contributed by atoms with Gasteiger partial charge in [-0.1, -0.05) is 60.3 Å². The largest absolute Gasteiger partial charge is 0.390 e. The van der Waals surface area contributed by atoms with Crippen LogP contribution in [0.5, 0.6) is 0 Å². The molecule has 2 atom stereocenters. The molecule has 4 aromatic carbocycles. The van der Waals surface area contributed by atoms with E-state index in [0.717, 1.165) is 40.7 Å². The molecule has 71 heavy (non-hydrogen) atoms. The highest BCUT2D eigenvalue weighted by atomic mass is 32.2. The van der Waals surface area contributed by atoms with Gasteiger partial charge in [0.15, 0.2) is 0 Å². The van der Waals surface area contributed by atoms with Crippen LogP contribution >= 0.6 is 103 Å². The molecular weight excluding hydrogens is 1050 g/mol. The number of thioether (sulfide) groups is 2. The second-order valence-corrected chi connectivity index (χ2v) is 25.6. The molecule has 0 aliphatic rings. The van der Waals surface area contributed by atoms with E-state index in [9.17, 15) is 10.2 Å². The summed E-state index contributed by atoms with van der Waals surface area (Å²) in [6.07, 6.45) is 2.59. The number of aliphatic hydroxyl groups excluding tert-OH is 2. The molecule has 0 bridgehead atoms. The van der Waals surface area contributed by atoms with E-state index in [1.807, 2.05) is 106 Å². The standard InChI is InChI=1S/C56H46N4O2S9/c61-41(35-59(39-9-3-1-4-10-39)57-33-47-23-25-53(68-47)55-29-27-51(70-55)49-13-7-31-63-49)37-65-43-15-19-45(20-16-43)67-46-21-17-44(18-22-46)66-38-42(62)36-60(40-11-5-2-6-12-40)58-34-48-24-26-54(69-48)56-30-28-52(71-56)50-14-8-32-64-50/h1-34,41-42,61-62H,35-38H2/b57-33+,58-34+. The second kappa shape index (κ2) is 24.6. The minimum atomic E-state index is -0.602. The number of benzene rings is 4. The lowest BCUT2D eigenvalue weighted by atomic mass is 10.3. The van der Waals surface area contributed by atoms with E-state index >= 15 is 0 Å². The Hall–Kier alpha value is -5.01. The second-order valence-electron chi connectivity index (χ2n) is 16.0. The maximum Gasteiger partial charge on any atom is 0.0830 e. The molecule has 10 aromatic rings. The van der Waals surface area contributed by atoms with Crippen molar-refractivity contribution < 1.29 is 10.2 Å². The van der Waals surface area contributed by atoms with Crippen LogP contribution < -0.4 is 10.0 Å². The van der Waals surface area contributed by atoms with Crippen molar-refractivity contribution in [2.75, 3.05) is 34.6 Å². The highest BCUT2D eigenvalue weighted by Crippen LogP contribution is 2.41. The zero-order valence-corrected chi connectivity index (χ0v) is 45.3. The molecule has 6 heterocycles. The fourth-order valence-electron chi connectivity index (χ4n) is 7.28. The number of anilines is 2. The van der Waals surface area contributed by atoms with Gasteiger partial charge in [0.1, 0.15) is 0 Å². The summed E-state index contributed by atoms with van der Waals surface area (Å²) in [6, 6.07) is 63.0. The Kier molecular flexibility index (Phi) is 17.2. The lowest BCUT2D eigenvalue weighted by Gasteiger charge is -2.22. The third kappa shape index (κ3) is 13.7. The first-order chi connectivity index (χ1) is 34.9. The zero-order valence-electron chi connectivity index (χ0n) is 38.0. The molecular formula is C56H46N4O2S9. The summed E-state index contributed by atoms with van der Waals surface area (Å²) in [5.74, 6) is 1.07. The van der Waals surface area contributed by atoms with Gasteiger partial charge in [0.2, 0.25) is 0 Å². The maximum absolute atomic E-state index is 11.3. The summed E-state index contributed by atoms with van der Waals surface area (Å²) in [7, 11) is 0. The number of aliphatic hydroxyl groups is 2. The van der Waals surface area contributed by atoms with Crippen LogP contribution in [0.25, 0.3) is 39.0 Å². The van der Waals surface area contributed by atoms with Crippen molar-refractivity contribution in [1.82, 2.24) is 0 Å². The number of hydrazone groups is 2. The van der Waals surface area contributed by atoms with Crippen LogP contribution in [0.1, 0.15) is 9.75 Å². The number of hydrogen-bond donors (Lipinski definition) is 2.